The van der Waals surface area contributed by atoms with Crippen LogP contribution in [-0.4, -0.2) is 28.9 Å². The van der Waals surface area contributed by atoms with E-state index in [1.165, 1.54) is 30.7 Å². The molecule has 0 heterocycles. The Bertz CT molecular complexity index is 1370. The zero-order valence-corrected chi connectivity index (χ0v) is 29.3. The smallest absolute Gasteiger partial charge is 0.338 e. The maximum atomic E-state index is 14.0. The number of Topliss-reactive ketones (excluding diaryl/α,β-unsaturated/α-hetero) is 1. The van der Waals surface area contributed by atoms with Crippen LogP contribution in [0.3, 0.4) is 0 Å². The molecule has 1 aromatic carbocycles. The number of fused-ring (bicyclic) bond motifs is 7. The lowest BCUT2D eigenvalue weighted by Crippen LogP contribution is -2.67. The van der Waals surface area contributed by atoms with Crippen molar-refractivity contribution in [3.05, 3.63) is 35.6 Å². The monoisotopic (exact) mass is 636 g/mol. The maximum Gasteiger partial charge on any atom is 0.338 e. The van der Waals surface area contributed by atoms with E-state index in [9.17, 15) is 23.9 Å². The highest BCUT2D eigenvalue weighted by molar-refractivity contribution is 5.89. The first kappa shape index (κ1) is 33.7. The van der Waals surface area contributed by atoms with Gasteiger partial charge < -0.3 is 9.84 Å². The number of halogens is 1. The van der Waals surface area contributed by atoms with Gasteiger partial charge in [-0.05, 0) is 140 Å². The highest BCUT2D eigenvalue weighted by Gasteiger charge is 2.72. The zero-order chi connectivity index (χ0) is 33.4. The van der Waals surface area contributed by atoms with Gasteiger partial charge in [-0.25, -0.2) is 9.18 Å². The van der Waals surface area contributed by atoms with Gasteiger partial charge in [-0.2, -0.15) is 0 Å². The Balaban J connectivity index is 1.28. The van der Waals surface area contributed by atoms with Crippen LogP contribution in [-0.2, 0) is 14.3 Å². The molecule has 0 aliphatic heterocycles. The summed E-state index contributed by atoms with van der Waals surface area (Å²) in [4.78, 5) is 38.6. The summed E-state index contributed by atoms with van der Waals surface area (Å²) >= 11 is 0. The second kappa shape index (κ2) is 11.4. The number of rotatable bonds is 7. The minimum atomic E-state index is -0.874. The van der Waals surface area contributed by atoms with E-state index in [0.29, 0.717) is 41.1 Å². The molecule has 6 rings (SSSR count). The Morgan fingerprint density at radius 1 is 0.826 bits per heavy atom. The average molecular weight is 637 g/mol. The number of hydrogen-bond donors (Lipinski definition) is 1. The quantitative estimate of drug-likeness (QED) is 0.302. The molecule has 5 fully saturated rings. The first-order chi connectivity index (χ1) is 21.5. The van der Waals surface area contributed by atoms with Crippen LogP contribution in [0.2, 0.25) is 0 Å². The van der Waals surface area contributed by atoms with Crippen molar-refractivity contribution < 1.29 is 28.6 Å². The molecule has 5 aliphatic carbocycles. The molecule has 6 heteroatoms. The van der Waals surface area contributed by atoms with Gasteiger partial charge in [0.05, 0.1) is 12.0 Å². The average Bonchev–Trinajstić information content (AvgIpc) is 3.39. The number of carbonyl (C=O) groups is 3. The van der Waals surface area contributed by atoms with Crippen LogP contribution < -0.4 is 0 Å². The van der Waals surface area contributed by atoms with E-state index < -0.39 is 5.97 Å². The van der Waals surface area contributed by atoms with Gasteiger partial charge in [0.2, 0.25) is 0 Å². The predicted molar refractivity (Wildman–Crippen MR) is 176 cm³/mol. The summed E-state index contributed by atoms with van der Waals surface area (Å²) in [6, 6.07) is 5.65. The van der Waals surface area contributed by atoms with Crippen molar-refractivity contribution in [1.29, 1.82) is 0 Å². The highest BCUT2D eigenvalue weighted by Crippen LogP contribution is 2.77. The summed E-state index contributed by atoms with van der Waals surface area (Å²) in [5.41, 5.74) is 0.256. The molecule has 5 aliphatic rings. The number of aliphatic carboxylic acids is 1. The maximum absolute atomic E-state index is 14.0. The van der Waals surface area contributed by atoms with E-state index in [4.69, 9.17) is 4.74 Å². The van der Waals surface area contributed by atoms with Crippen LogP contribution in [0.15, 0.2) is 24.3 Å². The minimum Gasteiger partial charge on any atom is -0.481 e. The van der Waals surface area contributed by atoms with Crippen LogP contribution in [0.4, 0.5) is 4.39 Å². The third kappa shape index (κ3) is 4.84. The molecule has 1 N–H and O–H groups in total. The lowest BCUT2D eigenvalue weighted by molar-refractivity contribution is -0.247. The largest absolute Gasteiger partial charge is 0.481 e. The zero-order valence-electron chi connectivity index (χ0n) is 29.3. The van der Waals surface area contributed by atoms with Crippen molar-refractivity contribution in [3.8, 4) is 0 Å². The summed E-state index contributed by atoms with van der Waals surface area (Å²) in [7, 11) is 0. The first-order valence-electron chi connectivity index (χ1n) is 18.2. The van der Waals surface area contributed by atoms with E-state index >= 15 is 0 Å². The van der Waals surface area contributed by atoms with E-state index in [1.807, 2.05) is 0 Å². The Hall–Kier alpha value is -2.24. The summed E-state index contributed by atoms with van der Waals surface area (Å²) < 4.78 is 19.7. The third-order valence-electron chi connectivity index (χ3n) is 15.7. The fraction of sp³-hybridized carbons (Fsp3) is 0.775. The number of benzene rings is 1. The number of carboxylic acid groups (broad SMARTS) is 1. The molecule has 0 bridgehead atoms. The molecule has 0 amide bonds. The van der Waals surface area contributed by atoms with Crippen molar-refractivity contribution >= 4 is 17.7 Å². The van der Waals surface area contributed by atoms with Gasteiger partial charge in [-0.1, -0.05) is 48.5 Å². The van der Waals surface area contributed by atoms with E-state index in [1.54, 1.807) is 0 Å². The number of carbonyl (C=O) groups excluding carboxylic acids is 2. The standard InChI is InChI=1S/C40H57FO5/c1-24(2)27-16-21-40(31(42)14-15-33(43)44)23-22-38(6)28(34(27)40)12-13-30-37(5)19-18-32(36(3,4)29(37)17-20-39(30,38)7)46-35(45)25-8-10-26(41)11-9-25/h8-11,24,27-30,32,34H,12-23H2,1-7H3,(H,43,44)/t27-,28?,29?,30?,32+,34?,37-,38+,39+,40+/m0/s1. The Kier molecular flexibility index (Phi) is 8.36. The summed E-state index contributed by atoms with van der Waals surface area (Å²) in [5.74, 6) is 1.45. The van der Waals surface area contributed by atoms with Crippen LogP contribution in [0.25, 0.3) is 0 Å². The normalized spacial score (nSPS) is 42.7. The molecule has 4 unspecified atom stereocenters. The minimum absolute atomic E-state index is 0.0584. The molecule has 0 saturated heterocycles. The van der Waals surface area contributed by atoms with Crippen LogP contribution in [0.1, 0.15) is 136 Å². The van der Waals surface area contributed by atoms with E-state index in [-0.39, 0.29) is 63.6 Å². The van der Waals surface area contributed by atoms with E-state index in [0.717, 1.165) is 57.8 Å². The summed E-state index contributed by atoms with van der Waals surface area (Å²) in [6.45, 7) is 17.0. The van der Waals surface area contributed by atoms with Gasteiger partial charge in [-0.3, -0.25) is 9.59 Å². The topological polar surface area (TPSA) is 80.7 Å². The van der Waals surface area contributed by atoms with Crippen LogP contribution >= 0.6 is 0 Å². The van der Waals surface area contributed by atoms with Crippen molar-refractivity contribution in [2.75, 3.05) is 0 Å². The van der Waals surface area contributed by atoms with Gasteiger partial charge in [0.15, 0.2) is 0 Å². The number of hydrogen-bond acceptors (Lipinski definition) is 4. The SMILES string of the molecule is CC(C)[C@@H]1CC[C@]2(C(=O)CCC(=O)O)CC[C@]3(C)C(CCC4[C@@]5(C)CC[C@@H](OC(=O)c6ccc(F)cc6)C(C)(C)C5CC[C@]43C)C12. The van der Waals surface area contributed by atoms with Gasteiger partial charge >= 0.3 is 11.9 Å². The first-order valence-corrected chi connectivity index (χ1v) is 18.2. The lowest BCUT2D eigenvalue weighted by atomic mass is 9.32. The van der Waals surface area contributed by atoms with Crippen molar-refractivity contribution in [2.24, 2.45) is 62.6 Å². The van der Waals surface area contributed by atoms with Gasteiger partial charge in [0, 0.05) is 17.3 Å². The van der Waals surface area contributed by atoms with Crippen molar-refractivity contribution in [2.45, 2.75) is 132 Å². The van der Waals surface area contributed by atoms with Crippen LogP contribution in [0.5, 0.6) is 0 Å². The van der Waals surface area contributed by atoms with E-state index in [2.05, 4.69) is 48.5 Å². The number of esters is 1. The molecule has 10 atom stereocenters. The molecular formula is C40H57FO5. The number of carboxylic acids is 1. The molecule has 254 valence electrons. The molecule has 5 saturated carbocycles. The number of ketones is 1. The molecule has 0 radical (unpaired) electrons. The Morgan fingerprint density at radius 2 is 1.52 bits per heavy atom. The molecular weight excluding hydrogens is 579 g/mol. The molecule has 0 aromatic heterocycles. The fourth-order valence-electron chi connectivity index (χ4n) is 13.3. The number of ether oxygens (including phenoxy) is 1. The molecule has 46 heavy (non-hydrogen) atoms. The van der Waals surface area contributed by atoms with Gasteiger partial charge in [-0.15, -0.1) is 0 Å². The summed E-state index contributed by atoms with van der Waals surface area (Å²) in [6.07, 6.45) is 10.3. The van der Waals surface area contributed by atoms with Crippen molar-refractivity contribution in [1.82, 2.24) is 0 Å². The second-order valence-electron chi connectivity index (χ2n) is 17.9. The van der Waals surface area contributed by atoms with Crippen LogP contribution in [0, 0.1) is 68.4 Å². The molecule has 1 aromatic rings. The third-order valence-corrected chi connectivity index (χ3v) is 15.7. The fourth-order valence-corrected chi connectivity index (χ4v) is 13.3. The molecule has 5 nitrogen and oxygen atoms in total. The lowest BCUT2D eigenvalue weighted by Gasteiger charge is -2.73. The van der Waals surface area contributed by atoms with Gasteiger partial charge in [0.25, 0.3) is 0 Å². The summed E-state index contributed by atoms with van der Waals surface area (Å²) in [5, 5.41) is 9.42. The second-order valence-corrected chi connectivity index (χ2v) is 17.9. The Morgan fingerprint density at radius 3 is 2.17 bits per heavy atom. The van der Waals surface area contributed by atoms with Crippen molar-refractivity contribution in [3.63, 3.8) is 0 Å². The predicted octanol–water partition coefficient (Wildman–Crippen LogP) is 9.52. The molecule has 0 spiro atoms. The Labute approximate surface area is 275 Å². The highest BCUT2D eigenvalue weighted by atomic mass is 19.1. The van der Waals surface area contributed by atoms with Gasteiger partial charge in [0.1, 0.15) is 17.7 Å².